The molecule has 1 fully saturated rings. The van der Waals surface area contributed by atoms with Crippen LogP contribution in [0.4, 0.5) is 4.39 Å². The van der Waals surface area contributed by atoms with E-state index < -0.39 is 15.8 Å². The molecule has 1 aliphatic rings. The minimum atomic E-state index is -3.87. The molecule has 5 nitrogen and oxygen atoms in total. The van der Waals surface area contributed by atoms with Gasteiger partial charge in [-0.25, -0.2) is 12.8 Å². The third-order valence-electron chi connectivity index (χ3n) is 3.20. The first kappa shape index (κ1) is 15.4. The number of nitrogens with zero attached hydrogens (tertiary/aromatic N) is 2. The molecular formula is C12H14BrFN2O3S. The zero-order chi connectivity index (χ0) is 14.9. The van der Waals surface area contributed by atoms with E-state index in [1.54, 1.807) is 4.90 Å². The Kier molecular flexibility index (Phi) is 4.46. The van der Waals surface area contributed by atoms with Crippen LogP contribution in [0.5, 0.6) is 0 Å². The second-order valence-electron chi connectivity index (χ2n) is 4.48. The second-order valence-corrected chi connectivity index (χ2v) is 7.31. The van der Waals surface area contributed by atoms with Crippen molar-refractivity contribution < 1.29 is 17.6 Å². The van der Waals surface area contributed by atoms with Crippen LogP contribution < -0.4 is 0 Å². The van der Waals surface area contributed by atoms with Crippen molar-refractivity contribution in [1.82, 2.24) is 9.21 Å². The number of amides is 1. The molecular weight excluding hydrogens is 351 g/mol. The molecule has 1 amide bonds. The van der Waals surface area contributed by atoms with Crippen molar-refractivity contribution in [2.45, 2.75) is 11.8 Å². The summed E-state index contributed by atoms with van der Waals surface area (Å²) in [6.07, 6.45) is 0. The summed E-state index contributed by atoms with van der Waals surface area (Å²) in [7, 11) is -3.87. The SMILES string of the molecule is CC(=O)N1CCN(S(=O)(=O)c2cc(Br)ccc2F)CC1. The van der Waals surface area contributed by atoms with Crippen molar-refractivity contribution in [2.75, 3.05) is 26.2 Å². The van der Waals surface area contributed by atoms with Gasteiger partial charge in [0.25, 0.3) is 0 Å². The van der Waals surface area contributed by atoms with Crippen molar-refractivity contribution >= 4 is 31.9 Å². The van der Waals surface area contributed by atoms with Crippen LogP contribution >= 0.6 is 15.9 Å². The van der Waals surface area contributed by atoms with Gasteiger partial charge in [-0.15, -0.1) is 0 Å². The van der Waals surface area contributed by atoms with Crippen LogP contribution in [0.15, 0.2) is 27.6 Å². The van der Waals surface area contributed by atoms with Crippen molar-refractivity contribution in [3.63, 3.8) is 0 Å². The number of rotatable bonds is 2. The van der Waals surface area contributed by atoms with E-state index in [2.05, 4.69) is 15.9 Å². The average molecular weight is 365 g/mol. The van der Waals surface area contributed by atoms with Gasteiger partial charge in [0.2, 0.25) is 15.9 Å². The summed E-state index contributed by atoms with van der Waals surface area (Å²) < 4.78 is 40.2. The molecule has 2 rings (SSSR count). The van der Waals surface area contributed by atoms with Gasteiger partial charge in [-0.05, 0) is 18.2 Å². The fourth-order valence-electron chi connectivity index (χ4n) is 2.06. The molecule has 0 spiro atoms. The van der Waals surface area contributed by atoms with E-state index in [4.69, 9.17) is 0 Å². The van der Waals surface area contributed by atoms with Crippen molar-refractivity contribution in [3.8, 4) is 0 Å². The van der Waals surface area contributed by atoms with Crippen molar-refractivity contribution in [3.05, 3.63) is 28.5 Å². The second kappa shape index (κ2) is 5.79. The Balaban J connectivity index is 2.24. The van der Waals surface area contributed by atoms with Crippen molar-refractivity contribution in [1.29, 1.82) is 0 Å². The lowest BCUT2D eigenvalue weighted by Gasteiger charge is -2.33. The van der Waals surface area contributed by atoms with Gasteiger partial charge in [0.1, 0.15) is 10.7 Å². The number of hydrogen-bond acceptors (Lipinski definition) is 3. The molecule has 1 aromatic carbocycles. The number of carbonyl (C=O) groups is 1. The fourth-order valence-corrected chi connectivity index (χ4v) is 4.08. The third kappa shape index (κ3) is 3.02. The van der Waals surface area contributed by atoms with E-state index in [-0.39, 0.29) is 23.9 Å². The first-order valence-corrected chi connectivity index (χ1v) is 8.26. The highest BCUT2D eigenvalue weighted by Gasteiger charge is 2.31. The smallest absolute Gasteiger partial charge is 0.246 e. The number of halogens is 2. The molecule has 1 aromatic rings. The van der Waals surface area contributed by atoms with Gasteiger partial charge in [-0.1, -0.05) is 15.9 Å². The molecule has 0 N–H and O–H groups in total. The number of benzene rings is 1. The summed E-state index contributed by atoms with van der Waals surface area (Å²) in [5.74, 6) is -0.863. The van der Waals surface area contributed by atoms with Crippen LogP contribution in [0.2, 0.25) is 0 Å². The predicted octanol–water partition coefficient (Wildman–Crippen LogP) is 1.44. The maximum absolute atomic E-state index is 13.7. The predicted molar refractivity (Wildman–Crippen MR) is 75.1 cm³/mol. The lowest BCUT2D eigenvalue weighted by Crippen LogP contribution is -2.50. The van der Waals surface area contributed by atoms with Gasteiger partial charge in [-0.2, -0.15) is 4.31 Å². The van der Waals surface area contributed by atoms with Gasteiger partial charge >= 0.3 is 0 Å². The number of carbonyl (C=O) groups excluding carboxylic acids is 1. The van der Waals surface area contributed by atoms with Crippen molar-refractivity contribution in [2.24, 2.45) is 0 Å². The maximum atomic E-state index is 13.7. The third-order valence-corrected chi connectivity index (χ3v) is 5.60. The summed E-state index contributed by atoms with van der Waals surface area (Å²) in [6.45, 7) is 2.44. The number of piperazine rings is 1. The lowest BCUT2D eigenvalue weighted by molar-refractivity contribution is -0.129. The van der Waals surface area contributed by atoms with E-state index in [1.165, 1.54) is 23.4 Å². The zero-order valence-corrected chi connectivity index (χ0v) is 13.2. The molecule has 0 saturated carbocycles. The molecule has 0 radical (unpaired) electrons. The Morgan fingerprint density at radius 2 is 1.85 bits per heavy atom. The average Bonchev–Trinajstić information content (AvgIpc) is 2.41. The van der Waals surface area contributed by atoms with Gasteiger partial charge in [-0.3, -0.25) is 4.79 Å². The number of hydrogen-bond donors (Lipinski definition) is 0. The summed E-state index contributed by atoms with van der Waals surface area (Å²) in [4.78, 5) is 12.4. The van der Waals surface area contributed by atoms with Crippen LogP contribution in [-0.2, 0) is 14.8 Å². The standard InChI is InChI=1S/C12H14BrFN2O3S/c1-9(17)15-4-6-16(7-5-15)20(18,19)12-8-10(13)2-3-11(12)14/h2-3,8H,4-7H2,1H3. The van der Waals surface area contributed by atoms with E-state index >= 15 is 0 Å². The van der Waals surface area contributed by atoms with Crippen LogP contribution in [0.3, 0.4) is 0 Å². The van der Waals surface area contributed by atoms with Crippen LogP contribution in [0.1, 0.15) is 6.92 Å². The van der Waals surface area contributed by atoms with Gasteiger partial charge in [0.15, 0.2) is 0 Å². The Morgan fingerprint density at radius 1 is 1.25 bits per heavy atom. The van der Waals surface area contributed by atoms with E-state index in [0.29, 0.717) is 17.6 Å². The van der Waals surface area contributed by atoms with Gasteiger partial charge < -0.3 is 4.90 Å². The van der Waals surface area contributed by atoms with Gasteiger partial charge in [0, 0.05) is 37.6 Å². The topological polar surface area (TPSA) is 57.7 Å². The maximum Gasteiger partial charge on any atom is 0.246 e. The molecule has 1 saturated heterocycles. The molecule has 1 heterocycles. The summed E-state index contributed by atoms with van der Waals surface area (Å²) >= 11 is 3.14. The van der Waals surface area contributed by atoms with Gasteiger partial charge in [0.05, 0.1) is 0 Å². The van der Waals surface area contributed by atoms with Crippen LogP contribution in [-0.4, -0.2) is 49.7 Å². The largest absolute Gasteiger partial charge is 0.340 e. The zero-order valence-electron chi connectivity index (χ0n) is 10.8. The minimum Gasteiger partial charge on any atom is -0.340 e. The quantitative estimate of drug-likeness (QED) is 0.797. The van der Waals surface area contributed by atoms with Crippen LogP contribution in [0.25, 0.3) is 0 Å². The first-order valence-electron chi connectivity index (χ1n) is 6.03. The first-order chi connectivity index (χ1) is 9.32. The Bertz CT molecular complexity index is 628. The lowest BCUT2D eigenvalue weighted by atomic mass is 10.3. The highest BCUT2D eigenvalue weighted by molar-refractivity contribution is 9.10. The highest BCUT2D eigenvalue weighted by Crippen LogP contribution is 2.24. The molecule has 1 aliphatic heterocycles. The highest BCUT2D eigenvalue weighted by atomic mass is 79.9. The Hall–Kier alpha value is -0.990. The fraction of sp³-hybridized carbons (Fsp3) is 0.417. The number of sulfonamides is 1. The molecule has 0 aliphatic carbocycles. The molecule has 0 bridgehead atoms. The molecule has 0 unspecified atom stereocenters. The molecule has 0 atom stereocenters. The summed E-state index contributed by atoms with van der Waals surface area (Å²) in [6, 6.07) is 3.81. The Labute approximate surface area is 125 Å². The molecule has 20 heavy (non-hydrogen) atoms. The van der Waals surface area contributed by atoms with E-state index in [0.717, 1.165) is 6.07 Å². The summed E-state index contributed by atoms with van der Waals surface area (Å²) in [5.41, 5.74) is 0. The van der Waals surface area contributed by atoms with E-state index in [9.17, 15) is 17.6 Å². The Morgan fingerprint density at radius 3 is 2.40 bits per heavy atom. The summed E-state index contributed by atoms with van der Waals surface area (Å²) in [5, 5.41) is 0. The molecule has 0 aromatic heterocycles. The van der Waals surface area contributed by atoms with E-state index in [1.807, 2.05) is 0 Å². The minimum absolute atomic E-state index is 0.0873. The normalized spacial score (nSPS) is 17.2. The molecule has 110 valence electrons. The van der Waals surface area contributed by atoms with Crippen LogP contribution in [0, 0.1) is 5.82 Å². The monoisotopic (exact) mass is 364 g/mol. The molecule has 8 heteroatoms.